The molecule has 0 saturated heterocycles. The van der Waals surface area contributed by atoms with Crippen LogP contribution in [0.2, 0.25) is 0 Å². The minimum Gasteiger partial charge on any atom is -0.497 e. The van der Waals surface area contributed by atoms with Gasteiger partial charge in [-0.15, -0.1) is 0 Å². The van der Waals surface area contributed by atoms with Crippen LogP contribution < -0.4 is 19.7 Å². The standard InChI is InChI=1S/C17H21N5O3/c1-22(2)16-19-14(20-17(21-16)25-4)11-18-15(23)10-7-12-5-8-13(24-3)9-6-12/h5-10H,11H2,1-4H3,(H,18,23). The Hall–Kier alpha value is -3.16. The van der Waals surface area contributed by atoms with E-state index in [0.717, 1.165) is 11.3 Å². The fraction of sp³-hybridized carbons (Fsp3) is 0.294. The summed E-state index contributed by atoms with van der Waals surface area (Å²) in [4.78, 5) is 26.2. The molecule has 2 rings (SSSR count). The minimum absolute atomic E-state index is 0.172. The van der Waals surface area contributed by atoms with Crippen molar-refractivity contribution < 1.29 is 14.3 Å². The average Bonchev–Trinajstić information content (AvgIpc) is 2.64. The number of hydrogen-bond donors (Lipinski definition) is 1. The van der Waals surface area contributed by atoms with Crippen LogP contribution in [-0.4, -0.2) is 49.2 Å². The Kier molecular flexibility index (Phi) is 6.27. The first-order chi connectivity index (χ1) is 12.0. The van der Waals surface area contributed by atoms with Gasteiger partial charge in [-0.25, -0.2) is 0 Å². The maximum Gasteiger partial charge on any atom is 0.321 e. The van der Waals surface area contributed by atoms with Crippen molar-refractivity contribution in [3.63, 3.8) is 0 Å². The third-order valence-corrected chi connectivity index (χ3v) is 3.20. The maximum absolute atomic E-state index is 12.0. The number of amides is 1. The highest BCUT2D eigenvalue weighted by Crippen LogP contribution is 2.12. The molecule has 1 aromatic carbocycles. The van der Waals surface area contributed by atoms with E-state index in [1.54, 1.807) is 18.1 Å². The molecule has 25 heavy (non-hydrogen) atoms. The summed E-state index contributed by atoms with van der Waals surface area (Å²) in [5, 5.41) is 2.73. The van der Waals surface area contributed by atoms with E-state index in [9.17, 15) is 4.79 Å². The second-order valence-corrected chi connectivity index (χ2v) is 5.26. The van der Waals surface area contributed by atoms with Gasteiger partial charge in [-0.3, -0.25) is 4.79 Å². The molecule has 0 fully saturated rings. The second kappa shape index (κ2) is 8.62. The molecule has 8 nitrogen and oxygen atoms in total. The summed E-state index contributed by atoms with van der Waals surface area (Å²) in [6.07, 6.45) is 3.17. The Bertz CT molecular complexity index is 744. The van der Waals surface area contributed by atoms with Crippen molar-refractivity contribution >= 4 is 17.9 Å². The SMILES string of the molecule is COc1ccc(C=CC(=O)NCc2nc(OC)nc(N(C)C)n2)cc1. The van der Waals surface area contributed by atoms with Crippen LogP contribution in [0.15, 0.2) is 30.3 Å². The lowest BCUT2D eigenvalue weighted by atomic mass is 10.2. The first-order valence-corrected chi connectivity index (χ1v) is 7.58. The van der Waals surface area contributed by atoms with Gasteiger partial charge in [-0.1, -0.05) is 12.1 Å². The monoisotopic (exact) mass is 343 g/mol. The van der Waals surface area contributed by atoms with E-state index < -0.39 is 0 Å². The Morgan fingerprint density at radius 2 is 1.84 bits per heavy atom. The van der Waals surface area contributed by atoms with Crippen LogP contribution in [0.4, 0.5) is 5.95 Å². The number of nitrogens with one attached hydrogen (secondary N) is 1. The zero-order chi connectivity index (χ0) is 18.2. The van der Waals surface area contributed by atoms with Crippen molar-refractivity contribution in [3.05, 3.63) is 41.7 Å². The van der Waals surface area contributed by atoms with E-state index in [2.05, 4.69) is 20.3 Å². The fourth-order valence-corrected chi connectivity index (χ4v) is 1.87. The number of nitrogens with zero attached hydrogens (tertiary/aromatic N) is 4. The molecule has 132 valence electrons. The summed E-state index contributed by atoms with van der Waals surface area (Å²) in [5.74, 6) is 1.40. The lowest BCUT2D eigenvalue weighted by Gasteiger charge is -2.12. The van der Waals surface area contributed by atoms with Gasteiger partial charge in [0.1, 0.15) is 5.75 Å². The highest BCUT2D eigenvalue weighted by Gasteiger charge is 2.09. The van der Waals surface area contributed by atoms with E-state index in [-0.39, 0.29) is 18.5 Å². The molecule has 2 aromatic rings. The van der Waals surface area contributed by atoms with Crippen molar-refractivity contribution in [2.24, 2.45) is 0 Å². The van der Waals surface area contributed by atoms with Crippen LogP contribution in [0.1, 0.15) is 11.4 Å². The molecule has 1 aromatic heterocycles. The van der Waals surface area contributed by atoms with Crippen LogP contribution in [0.25, 0.3) is 6.08 Å². The summed E-state index contributed by atoms with van der Waals surface area (Å²) >= 11 is 0. The number of rotatable bonds is 7. The van der Waals surface area contributed by atoms with Gasteiger partial charge in [-0.05, 0) is 23.8 Å². The number of carbonyl (C=O) groups excluding carboxylic acids is 1. The van der Waals surface area contributed by atoms with Crippen molar-refractivity contribution in [2.45, 2.75) is 6.54 Å². The number of hydrogen-bond acceptors (Lipinski definition) is 7. The van der Waals surface area contributed by atoms with Crippen molar-refractivity contribution in [1.82, 2.24) is 20.3 Å². The molecule has 0 unspecified atom stereocenters. The highest BCUT2D eigenvalue weighted by molar-refractivity contribution is 5.91. The van der Waals surface area contributed by atoms with E-state index in [4.69, 9.17) is 9.47 Å². The summed E-state index contributed by atoms with van der Waals surface area (Å²) in [7, 11) is 6.72. The molecule has 0 radical (unpaired) electrons. The number of benzene rings is 1. The zero-order valence-electron chi connectivity index (χ0n) is 14.7. The molecule has 1 N–H and O–H groups in total. The van der Waals surface area contributed by atoms with Crippen LogP contribution in [0.5, 0.6) is 11.8 Å². The third-order valence-electron chi connectivity index (χ3n) is 3.20. The van der Waals surface area contributed by atoms with Crippen molar-refractivity contribution in [1.29, 1.82) is 0 Å². The quantitative estimate of drug-likeness (QED) is 0.758. The van der Waals surface area contributed by atoms with Gasteiger partial charge >= 0.3 is 6.01 Å². The minimum atomic E-state index is -0.249. The van der Waals surface area contributed by atoms with Crippen LogP contribution in [-0.2, 0) is 11.3 Å². The largest absolute Gasteiger partial charge is 0.497 e. The zero-order valence-corrected chi connectivity index (χ0v) is 14.7. The Morgan fingerprint density at radius 1 is 1.12 bits per heavy atom. The summed E-state index contributed by atoms with van der Waals surface area (Å²) in [6.45, 7) is 0.172. The molecule has 1 heterocycles. The Morgan fingerprint density at radius 3 is 2.44 bits per heavy atom. The number of carbonyl (C=O) groups is 1. The van der Waals surface area contributed by atoms with E-state index in [1.165, 1.54) is 13.2 Å². The third kappa shape index (κ3) is 5.45. The smallest absolute Gasteiger partial charge is 0.321 e. The summed E-state index contributed by atoms with van der Waals surface area (Å²) in [6, 6.07) is 7.59. The Labute approximate surface area is 146 Å². The Balaban J connectivity index is 1.97. The molecule has 8 heteroatoms. The van der Waals surface area contributed by atoms with E-state index >= 15 is 0 Å². The van der Waals surface area contributed by atoms with Crippen LogP contribution in [0.3, 0.4) is 0 Å². The molecule has 0 aliphatic heterocycles. The van der Waals surface area contributed by atoms with Gasteiger partial charge in [0.15, 0.2) is 5.82 Å². The van der Waals surface area contributed by atoms with Crippen LogP contribution >= 0.6 is 0 Å². The molecular weight excluding hydrogens is 322 g/mol. The molecule has 0 saturated carbocycles. The number of ether oxygens (including phenoxy) is 2. The highest BCUT2D eigenvalue weighted by atomic mass is 16.5. The van der Waals surface area contributed by atoms with Gasteiger partial charge in [0.25, 0.3) is 0 Å². The normalized spacial score (nSPS) is 10.6. The first-order valence-electron chi connectivity index (χ1n) is 7.58. The predicted molar refractivity (Wildman–Crippen MR) is 94.6 cm³/mol. The van der Waals surface area contributed by atoms with Gasteiger partial charge in [-0.2, -0.15) is 15.0 Å². The summed E-state index contributed by atoms with van der Waals surface area (Å²) < 4.78 is 10.1. The summed E-state index contributed by atoms with van der Waals surface area (Å²) in [5.41, 5.74) is 0.896. The van der Waals surface area contributed by atoms with Gasteiger partial charge in [0.05, 0.1) is 20.8 Å². The predicted octanol–water partition coefficient (Wildman–Crippen LogP) is 1.28. The molecule has 0 aliphatic carbocycles. The number of anilines is 1. The molecular formula is C17H21N5O3. The van der Waals surface area contributed by atoms with E-state index in [0.29, 0.717) is 11.8 Å². The van der Waals surface area contributed by atoms with Gasteiger partial charge in [0.2, 0.25) is 11.9 Å². The van der Waals surface area contributed by atoms with Crippen LogP contribution in [0, 0.1) is 0 Å². The molecule has 0 bridgehead atoms. The van der Waals surface area contributed by atoms with Crippen molar-refractivity contribution in [2.75, 3.05) is 33.2 Å². The first kappa shape index (κ1) is 18.2. The second-order valence-electron chi connectivity index (χ2n) is 5.26. The van der Waals surface area contributed by atoms with Gasteiger partial charge in [0, 0.05) is 20.2 Å². The molecule has 0 aliphatic rings. The molecule has 0 atom stereocenters. The number of methoxy groups -OCH3 is 2. The fourth-order valence-electron chi connectivity index (χ4n) is 1.87. The lowest BCUT2D eigenvalue weighted by molar-refractivity contribution is -0.116. The molecule has 0 spiro atoms. The maximum atomic E-state index is 12.0. The lowest BCUT2D eigenvalue weighted by Crippen LogP contribution is -2.23. The molecule has 1 amide bonds. The van der Waals surface area contributed by atoms with Gasteiger partial charge < -0.3 is 19.7 Å². The number of aromatic nitrogens is 3. The van der Waals surface area contributed by atoms with Crippen molar-refractivity contribution in [3.8, 4) is 11.8 Å². The topological polar surface area (TPSA) is 89.5 Å². The average molecular weight is 343 g/mol. The van der Waals surface area contributed by atoms with E-state index in [1.807, 2.05) is 38.4 Å².